The van der Waals surface area contributed by atoms with Crippen LogP contribution >= 0.6 is 11.3 Å². The molecule has 3 aromatic rings. The Balaban J connectivity index is 1.66. The average molecular weight is 546 g/mol. The summed E-state index contributed by atoms with van der Waals surface area (Å²) in [5.41, 5.74) is -0.389. The van der Waals surface area contributed by atoms with Crippen molar-refractivity contribution in [2.45, 2.75) is 43.0 Å². The molecular weight excluding hydrogens is 527 g/mol. The Labute approximate surface area is 205 Å². The first-order valence-corrected chi connectivity index (χ1v) is 13.0. The Morgan fingerprint density at radius 2 is 1.97 bits per heavy atom. The summed E-state index contributed by atoms with van der Waals surface area (Å²) in [6.07, 6.45) is -1.43. The number of nitrogens with one attached hydrogen (secondary N) is 1. The van der Waals surface area contributed by atoms with Gasteiger partial charge in [-0.05, 0) is 38.0 Å². The van der Waals surface area contributed by atoms with Crippen LogP contribution in [0.5, 0.6) is 5.75 Å². The lowest BCUT2D eigenvalue weighted by Gasteiger charge is -2.15. The largest absolute Gasteiger partial charge is 0.573 e. The van der Waals surface area contributed by atoms with Crippen LogP contribution in [0.3, 0.4) is 0 Å². The molecule has 1 aliphatic carbocycles. The van der Waals surface area contributed by atoms with Crippen molar-refractivity contribution >= 4 is 33.1 Å². The van der Waals surface area contributed by atoms with Crippen molar-refractivity contribution in [3.8, 4) is 10.9 Å². The fourth-order valence-electron chi connectivity index (χ4n) is 3.19. The summed E-state index contributed by atoms with van der Waals surface area (Å²) < 4.78 is 67.2. The lowest BCUT2D eigenvalue weighted by molar-refractivity contribution is -0.274. The number of alkyl halides is 3. The zero-order valence-corrected chi connectivity index (χ0v) is 20.2. The molecule has 0 bridgehead atoms. The number of amides is 1. The summed E-state index contributed by atoms with van der Waals surface area (Å²) in [5, 5.41) is 16.3. The molecule has 2 aromatic heterocycles. The second-order valence-electron chi connectivity index (χ2n) is 8.03. The van der Waals surface area contributed by atoms with E-state index in [0.717, 1.165) is 48.8 Å². The van der Waals surface area contributed by atoms with Gasteiger partial charge in [0.05, 0.1) is 17.1 Å². The maximum Gasteiger partial charge on any atom is 0.573 e. The number of hydrogen-bond acceptors (Lipinski definition) is 9. The number of carboxylic acids is 1. The summed E-state index contributed by atoms with van der Waals surface area (Å²) in [6, 6.07) is 1.50. The van der Waals surface area contributed by atoms with Crippen molar-refractivity contribution in [1.29, 1.82) is 0 Å². The molecule has 192 valence electrons. The van der Waals surface area contributed by atoms with Gasteiger partial charge in [-0.3, -0.25) is 4.79 Å². The highest BCUT2D eigenvalue weighted by molar-refractivity contribution is 7.90. The molecule has 1 atom stereocenters. The van der Waals surface area contributed by atoms with E-state index in [0.29, 0.717) is 11.9 Å². The average Bonchev–Trinajstić information content (AvgIpc) is 3.30. The molecule has 2 N–H and O–H groups in total. The smallest absolute Gasteiger partial charge is 0.477 e. The van der Waals surface area contributed by atoms with Crippen molar-refractivity contribution in [2.24, 2.45) is 0 Å². The van der Waals surface area contributed by atoms with Crippen molar-refractivity contribution in [1.82, 2.24) is 25.1 Å². The molecule has 0 radical (unpaired) electrons. The van der Waals surface area contributed by atoms with Crippen LogP contribution in [0, 0.1) is 0 Å². The van der Waals surface area contributed by atoms with Gasteiger partial charge in [-0.1, -0.05) is 11.3 Å². The van der Waals surface area contributed by atoms with E-state index in [1.165, 1.54) is 11.6 Å². The number of sulfone groups is 1. The molecule has 36 heavy (non-hydrogen) atoms. The number of rotatable bonds is 8. The molecule has 0 saturated heterocycles. The highest BCUT2D eigenvalue weighted by Crippen LogP contribution is 2.39. The molecule has 4 rings (SSSR count). The fourth-order valence-corrected chi connectivity index (χ4v) is 4.58. The van der Waals surface area contributed by atoms with Crippen LogP contribution in [0.4, 0.5) is 13.2 Å². The standard InChI is InChI=1S/C20H18F3N5O6S2/c1-9(16-26-15(10-3-4-10)27-28(16)19-24-8-14(35-19)18(30)31)25-17(29)11-5-12(34-20(21,22)23)7-13(6-11)36(2,32)33/h5-10H,3-4H2,1-2H3,(H,25,29)(H,30,31)/t9-/m0/s1. The highest BCUT2D eigenvalue weighted by Gasteiger charge is 2.33. The number of thiazole rings is 1. The van der Waals surface area contributed by atoms with Gasteiger partial charge in [-0.2, -0.15) is 4.68 Å². The second-order valence-corrected chi connectivity index (χ2v) is 11.1. The van der Waals surface area contributed by atoms with Crippen molar-refractivity contribution in [2.75, 3.05) is 6.26 Å². The summed E-state index contributed by atoms with van der Waals surface area (Å²) in [4.78, 5) is 32.1. The molecule has 1 amide bonds. The molecule has 2 heterocycles. The van der Waals surface area contributed by atoms with Crippen LogP contribution in [-0.2, 0) is 9.84 Å². The summed E-state index contributed by atoms with van der Waals surface area (Å²) >= 11 is 0.846. The zero-order chi connectivity index (χ0) is 26.4. The quantitative estimate of drug-likeness (QED) is 0.435. The molecule has 16 heteroatoms. The van der Waals surface area contributed by atoms with Gasteiger partial charge in [0.15, 0.2) is 21.5 Å². The first-order valence-electron chi connectivity index (χ1n) is 10.3. The molecule has 1 fully saturated rings. The summed E-state index contributed by atoms with van der Waals surface area (Å²) in [7, 11) is -3.97. The molecule has 0 spiro atoms. The Morgan fingerprint density at radius 1 is 1.28 bits per heavy atom. The minimum Gasteiger partial charge on any atom is -0.477 e. The molecule has 11 nitrogen and oxygen atoms in total. The molecule has 1 aliphatic rings. The number of hydrogen-bond donors (Lipinski definition) is 2. The third kappa shape index (κ3) is 5.81. The topological polar surface area (TPSA) is 153 Å². The third-order valence-corrected chi connectivity index (χ3v) is 7.07. The van der Waals surface area contributed by atoms with Gasteiger partial charge in [0.1, 0.15) is 10.6 Å². The zero-order valence-electron chi connectivity index (χ0n) is 18.6. The van der Waals surface area contributed by atoms with Gasteiger partial charge < -0.3 is 15.2 Å². The number of benzene rings is 1. The van der Waals surface area contributed by atoms with E-state index in [1.807, 2.05) is 0 Å². The predicted octanol–water partition coefficient (Wildman–Crippen LogP) is 3.09. The van der Waals surface area contributed by atoms with E-state index in [1.54, 1.807) is 0 Å². The SMILES string of the molecule is C[C@H](NC(=O)c1cc(OC(F)(F)F)cc(S(C)(=O)=O)c1)c1nc(C2CC2)nn1-c1ncc(C(=O)O)s1. The minimum absolute atomic E-state index is 0.0362. The minimum atomic E-state index is -5.10. The molecule has 1 saturated carbocycles. The van der Waals surface area contributed by atoms with Gasteiger partial charge >= 0.3 is 12.3 Å². The number of halogens is 3. The molecular formula is C20H18F3N5O6S2. The fraction of sp³-hybridized carbons (Fsp3) is 0.350. The van der Waals surface area contributed by atoms with E-state index in [-0.39, 0.29) is 27.3 Å². The second kappa shape index (κ2) is 9.16. The van der Waals surface area contributed by atoms with Crippen LogP contribution in [0.2, 0.25) is 0 Å². The van der Waals surface area contributed by atoms with E-state index >= 15 is 0 Å². The predicted molar refractivity (Wildman–Crippen MR) is 118 cm³/mol. The van der Waals surface area contributed by atoms with E-state index in [9.17, 15) is 36.3 Å². The number of nitrogens with zero attached hydrogens (tertiary/aromatic N) is 4. The van der Waals surface area contributed by atoms with Gasteiger partial charge in [0.2, 0.25) is 5.13 Å². The maximum atomic E-state index is 12.9. The van der Waals surface area contributed by atoms with Gasteiger partial charge in [-0.25, -0.2) is 23.2 Å². The molecule has 0 unspecified atom stereocenters. The van der Waals surface area contributed by atoms with E-state index in [4.69, 9.17) is 0 Å². The van der Waals surface area contributed by atoms with Gasteiger partial charge in [0, 0.05) is 17.7 Å². The third-order valence-electron chi connectivity index (χ3n) is 5.02. The summed E-state index contributed by atoms with van der Waals surface area (Å²) in [6.45, 7) is 1.54. The number of carboxylic acid groups (broad SMARTS) is 1. The number of aromatic nitrogens is 4. The number of carbonyl (C=O) groups is 2. The van der Waals surface area contributed by atoms with Crippen molar-refractivity contribution < 1.29 is 41.0 Å². The normalized spacial score (nSPS) is 14.9. The Bertz CT molecular complexity index is 1450. The van der Waals surface area contributed by atoms with Crippen LogP contribution in [0.15, 0.2) is 29.3 Å². The first kappa shape index (κ1) is 25.6. The number of ether oxygens (including phenoxy) is 1. The van der Waals surface area contributed by atoms with Gasteiger partial charge in [0.25, 0.3) is 5.91 Å². The Kier molecular flexibility index (Phi) is 6.51. The maximum absolute atomic E-state index is 12.9. The summed E-state index contributed by atoms with van der Waals surface area (Å²) in [5.74, 6) is -2.13. The first-order chi connectivity index (χ1) is 16.7. The monoisotopic (exact) mass is 545 g/mol. The Hall–Kier alpha value is -3.53. The lowest BCUT2D eigenvalue weighted by atomic mass is 10.2. The van der Waals surface area contributed by atoms with E-state index in [2.05, 4.69) is 25.1 Å². The highest BCUT2D eigenvalue weighted by atomic mass is 32.2. The van der Waals surface area contributed by atoms with Crippen LogP contribution in [-0.4, -0.2) is 57.8 Å². The van der Waals surface area contributed by atoms with Crippen LogP contribution in [0.1, 0.15) is 63.4 Å². The van der Waals surface area contributed by atoms with Gasteiger partial charge in [-0.15, -0.1) is 18.3 Å². The Morgan fingerprint density at radius 3 is 2.53 bits per heavy atom. The van der Waals surface area contributed by atoms with Crippen LogP contribution in [0.25, 0.3) is 5.13 Å². The van der Waals surface area contributed by atoms with Crippen molar-refractivity contribution in [3.63, 3.8) is 0 Å². The van der Waals surface area contributed by atoms with E-state index < -0.39 is 44.8 Å². The number of carbonyl (C=O) groups excluding carboxylic acids is 1. The lowest BCUT2D eigenvalue weighted by Crippen LogP contribution is -2.29. The van der Waals surface area contributed by atoms with Crippen LogP contribution < -0.4 is 10.1 Å². The molecule has 1 aromatic carbocycles. The van der Waals surface area contributed by atoms with Crippen molar-refractivity contribution in [3.05, 3.63) is 46.5 Å². The number of aromatic carboxylic acids is 1. The molecule has 0 aliphatic heterocycles.